The van der Waals surface area contributed by atoms with E-state index in [1.807, 2.05) is 0 Å². The molecule has 0 saturated carbocycles. The van der Waals surface area contributed by atoms with Crippen molar-refractivity contribution < 1.29 is 31.8 Å². The third-order valence-electron chi connectivity index (χ3n) is 4.76. The molecule has 0 aliphatic rings. The average Bonchev–Trinajstić information content (AvgIpc) is 3.09. The number of hydrogen-bond acceptors (Lipinski definition) is 6. The summed E-state index contributed by atoms with van der Waals surface area (Å²) in [6.45, 7) is 5.01. The summed E-state index contributed by atoms with van der Waals surface area (Å²) in [5, 5.41) is 9.14. The van der Waals surface area contributed by atoms with E-state index >= 15 is 4.39 Å². The van der Waals surface area contributed by atoms with Crippen LogP contribution in [-0.4, -0.2) is 52.1 Å². The molecule has 0 spiro atoms. The number of rotatable bonds is 7. The Morgan fingerprint density at radius 2 is 1.91 bits per heavy atom. The minimum Gasteiger partial charge on any atom is -0.497 e. The van der Waals surface area contributed by atoms with Crippen LogP contribution in [0.1, 0.15) is 26.3 Å². The molecule has 34 heavy (non-hydrogen) atoms. The smallest absolute Gasteiger partial charge is 0.407 e. The van der Waals surface area contributed by atoms with Crippen LogP contribution in [0.5, 0.6) is 5.75 Å². The van der Waals surface area contributed by atoms with Crippen molar-refractivity contribution in [3.05, 3.63) is 60.2 Å². The largest absolute Gasteiger partial charge is 0.497 e. The molecular weight excluding hydrogens is 470 g/mol. The van der Waals surface area contributed by atoms with Crippen molar-refractivity contribution in [2.75, 3.05) is 13.7 Å². The van der Waals surface area contributed by atoms with Crippen LogP contribution in [0.4, 0.5) is 13.6 Å². The summed E-state index contributed by atoms with van der Waals surface area (Å²) in [7, 11) is -3.20. The molecule has 3 rings (SSSR count). The molecule has 9 nitrogen and oxygen atoms in total. The van der Waals surface area contributed by atoms with E-state index < -0.39 is 56.1 Å². The van der Waals surface area contributed by atoms with Crippen molar-refractivity contribution in [2.24, 2.45) is 5.41 Å². The van der Waals surface area contributed by atoms with E-state index in [0.29, 0.717) is 3.97 Å². The summed E-state index contributed by atoms with van der Waals surface area (Å²) in [4.78, 5) is 20.1. The zero-order valence-corrected chi connectivity index (χ0v) is 19.8. The summed E-state index contributed by atoms with van der Waals surface area (Å²) >= 11 is 0. The van der Waals surface area contributed by atoms with Gasteiger partial charge in [0.1, 0.15) is 11.4 Å². The molecule has 0 bridgehead atoms. The number of nitrogens with zero attached hydrogens (tertiary/aromatic N) is 4. The van der Waals surface area contributed by atoms with Gasteiger partial charge in [-0.2, -0.15) is 12.8 Å². The molecule has 12 heteroatoms. The molecule has 0 saturated heterocycles. The van der Waals surface area contributed by atoms with Crippen LogP contribution in [-0.2, 0) is 16.6 Å². The number of carbonyl (C=O) groups is 1. The Bertz CT molecular complexity index is 1320. The minimum absolute atomic E-state index is 0.0493. The van der Waals surface area contributed by atoms with Crippen molar-refractivity contribution in [3.63, 3.8) is 0 Å². The van der Waals surface area contributed by atoms with Crippen LogP contribution in [0.25, 0.3) is 11.3 Å². The summed E-state index contributed by atoms with van der Waals surface area (Å²) in [6, 6.07) is 5.08. The quantitative estimate of drug-likeness (QED) is 0.494. The van der Waals surface area contributed by atoms with Crippen LogP contribution < -0.4 is 4.74 Å². The first kappa shape index (κ1) is 25.1. The lowest BCUT2D eigenvalue weighted by atomic mass is 9.96. The van der Waals surface area contributed by atoms with E-state index in [2.05, 4.69) is 9.97 Å². The van der Waals surface area contributed by atoms with Crippen LogP contribution in [0.15, 0.2) is 47.9 Å². The van der Waals surface area contributed by atoms with Gasteiger partial charge in [-0.15, -0.1) is 0 Å². The number of methoxy groups -OCH3 is 1. The maximum atomic E-state index is 15.7. The van der Waals surface area contributed by atoms with E-state index in [0.717, 1.165) is 23.4 Å². The predicted molar refractivity (Wildman–Crippen MR) is 119 cm³/mol. The molecule has 0 radical (unpaired) electrons. The van der Waals surface area contributed by atoms with E-state index in [1.54, 1.807) is 20.8 Å². The van der Waals surface area contributed by atoms with Crippen LogP contribution >= 0.6 is 0 Å². The topological polar surface area (TPSA) is 115 Å². The molecular formula is C22H24F2N4O5S. The van der Waals surface area contributed by atoms with E-state index in [-0.39, 0.29) is 17.9 Å². The monoisotopic (exact) mass is 494 g/mol. The predicted octanol–water partition coefficient (Wildman–Crippen LogP) is 4.00. The lowest BCUT2D eigenvalue weighted by Gasteiger charge is -2.27. The molecule has 0 unspecified atom stereocenters. The van der Waals surface area contributed by atoms with Gasteiger partial charge in [0.25, 0.3) is 10.0 Å². The lowest BCUT2D eigenvalue weighted by molar-refractivity contribution is 0.122. The Hall–Kier alpha value is -3.54. The summed E-state index contributed by atoms with van der Waals surface area (Å²) in [6.07, 6.45) is 1.96. The van der Waals surface area contributed by atoms with Gasteiger partial charge in [0.05, 0.1) is 19.2 Å². The Kier molecular flexibility index (Phi) is 6.92. The number of amides is 1. The average molecular weight is 495 g/mol. The van der Waals surface area contributed by atoms with Crippen molar-refractivity contribution in [1.82, 2.24) is 18.8 Å². The van der Waals surface area contributed by atoms with Crippen LogP contribution in [0.3, 0.4) is 0 Å². The summed E-state index contributed by atoms with van der Waals surface area (Å²) in [5.41, 5.74) is -1.73. The van der Waals surface area contributed by atoms with Gasteiger partial charge in [-0.25, -0.2) is 23.1 Å². The van der Waals surface area contributed by atoms with Gasteiger partial charge in [-0.05, 0) is 23.6 Å². The van der Waals surface area contributed by atoms with Gasteiger partial charge < -0.3 is 14.7 Å². The Balaban J connectivity index is 2.23. The highest BCUT2D eigenvalue weighted by Gasteiger charge is 2.31. The van der Waals surface area contributed by atoms with Gasteiger partial charge in [0, 0.05) is 36.8 Å². The molecule has 3 heterocycles. The summed E-state index contributed by atoms with van der Waals surface area (Å²) < 4.78 is 62.7. The Morgan fingerprint density at radius 1 is 1.21 bits per heavy atom. The molecule has 0 aliphatic carbocycles. The van der Waals surface area contributed by atoms with Gasteiger partial charge >= 0.3 is 6.09 Å². The molecule has 0 fully saturated rings. The highest BCUT2D eigenvalue weighted by atomic mass is 32.2. The van der Waals surface area contributed by atoms with Crippen molar-refractivity contribution in [2.45, 2.75) is 32.3 Å². The second-order valence-electron chi connectivity index (χ2n) is 8.69. The third kappa shape index (κ3) is 5.16. The number of pyridine rings is 2. The SMILES string of the molecule is COc1ccnc(S(=O)(=O)n2cc(CN(CC(C)(C)C)C(=O)O)c(F)c2-c2cccnc2F)c1. The molecule has 1 N–H and O–H groups in total. The second kappa shape index (κ2) is 9.37. The number of halogens is 2. The number of aromatic nitrogens is 3. The van der Waals surface area contributed by atoms with Gasteiger partial charge in [-0.1, -0.05) is 20.8 Å². The maximum Gasteiger partial charge on any atom is 0.407 e. The van der Waals surface area contributed by atoms with Gasteiger partial charge in [0.15, 0.2) is 10.8 Å². The molecule has 3 aromatic heterocycles. The van der Waals surface area contributed by atoms with Crippen molar-refractivity contribution in [1.29, 1.82) is 0 Å². The summed E-state index contributed by atoms with van der Waals surface area (Å²) in [5.74, 6) is -1.98. The molecule has 0 aliphatic heterocycles. The second-order valence-corrected chi connectivity index (χ2v) is 10.5. The highest BCUT2D eigenvalue weighted by Crippen LogP contribution is 2.33. The third-order valence-corrected chi connectivity index (χ3v) is 6.32. The van der Waals surface area contributed by atoms with Crippen LogP contribution in [0.2, 0.25) is 0 Å². The molecule has 1 amide bonds. The van der Waals surface area contributed by atoms with E-state index in [9.17, 15) is 22.7 Å². The zero-order valence-electron chi connectivity index (χ0n) is 19.0. The van der Waals surface area contributed by atoms with Crippen molar-refractivity contribution >= 4 is 16.1 Å². The normalized spacial score (nSPS) is 11.9. The number of ether oxygens (including phenoxy) is 1. The van der Waals surface area contributed by atoms with Gasteiger partial charge in [-0.3, -0.25) is 0 Å². The fraction of sp³-hybridized carbons (Fsp3) is 0.318. The van der Waals surface area contributed by atoms with E-state index in [4.69, 9.17) is 4.74 Å². The maximum absolute atomic E-state index is 15.7. The molecule has 0 atom stereocenters. The molecule has 3 aromatic rings. The number of carboxylic acid groups (broad SMARTS) is 1. The fourth-order valence-electron chi connectivity index (χ4n) is 3.34. The first-order chi connectivity index (χ1) is 15.8. The zero-order chi connectivity index (χ0) is 25.3. The molecule has 0 aromatic carbocycles. The minimum atomic E-state index is -4.53. The fourth-order valence-corrected chi connectivity index (χ4v) is 4.69. The number of hydrogen-bond donors (Lipinski definition) is 1. The first-order valence-corrected chi connectivity index (χ1v) is 11.5. The lowest BCUT2D eigenvalue weighted by Crippen LogP contribution is -2.36. The Labute approximate surface area is 195 Å². The van der Waals surface area contributed by atoms with Gasteiger partial charge in [0.2, 0.25) is 5.95 Å². The van der Waals surface area contributed by atoms with E-state index in [1.165, 1.54) is 31.5 Å². The standard InChI is InChI=1S/C22H24F2N4O5S/c1-22(2,3)13-27(21(29)30)11-14-12-28(19(18(14)23)16-6-5-8-26-20(16)24)34(31,32)17-10-15(33-4)7-9-25-17/h5-10,12H,11,13H2,1-4H3,(H,29,30). The highest BCUT2D eigenvalue weighted by molar-refractivity contribution is 7.90. The van der Waals surface area contributed by atoms with Crippen molar-refractivity contribution in [3.8, 4) is 17.0 Å². The molecule has 182 valence electrons. The van der Waals surface area contributed by atoms with Crippen LogP contribution in [0, 0.1) is 17.2 Å². The first-order valence-electron chi connectivity index (χ1n) is 10.1. The Morgan fingerprint density at radius 3 is 2.50 bits per heavy atom.